The number of phenols is 1. The average molecular weight is 396 g/mol. The number of phenolic OH excluding ortho intramolecular Hbond substituents is 1. The van der Waals surface area contributed by atoms with E-state index in [2.05, 4.69) is 30.1 Å². The fraction of sp³-hybridized carbons (Fsp3) is 0.458. The van der Waals surface area contributed by atoms with Crippen molar-refractivity contribution in [2.45, 2.75) is 45.8 Å². The van der Waals surface area contributed by atoms with E-state index < -0.39 is 0 Å². The lowest BCUT2D eigenvalue weighted by Crippen LogP contribution is -2.55. The second kappa shape index (κ2) is 9.42. The Hall–Kier alpha value is -2.37. The summed E-state index contributed by atoms with van der Waals surface area (Å²) in [7, 11) is 0. The van der Waals surface area contributed by atoms with Gasteiger partial charge in [-0.1, -0.05) is 30.3 Å². The van der Waals surface area contributed by atoms with Gasteiger partial charge < -0.3 is 15.3 Å². The zero-order chi connectivity index (χ0) is 21.0. The lowest BCUT2D eigenvalue weighted by molar-refractivity contribution is 0.0764. The Morgan fingerprint density at radius 3 is 2.59 bits per heavy atom. The molecule has 0 aromatic heterocycles. The Labute approximate surface area is 174 Å². The van der Waals surface area contributed by atoms with Gasteiger partial charge in [-0.2, -0.15) is 0 Å². The molecule has 0 saturated carbocycles. The van der Waals surface area contributed by atoms with E-state index in [1.807, 2.05) is 55.1 Å². The van der Waals surface area contributed by atoms with Gasteiger partial charge in [-0.05, 0) is 57.0 Å². The van der Waals surface area contributed by atoms with Crippen LogP contribution in [0.15, 0.2) is 48.5 Å². The van der Waals surface area contributed by atoms with E-state index in [1.165, 1.54) is 0 Å². The molecule has 1 amide bonds. The molecule has 2 N–H and O–H groups in total. The van der Waals surface area contributed by atoms with E-state index in [9.17, 15) is 9.90 Å². The van der Waals surface area contributed by atoms with E-state index in [0.29, 0.717) is 25.2 Å². The van der Waals surface area contributed by atoms with Crippen molar-refractivity contribution in [1.82, 2.24) is 15.1 Å². The number of benzene rings is 2. The van der Waals surface area contributed by atoms with Crippen LogP contribution in [0.2, 0.25) is 0 Å². The monoisotopic (exact) mass is 395 g/mol. The van der Waals surface area contributed by atoms with E-state index in [4.69, 9.17) is 0 Å². The standard InChI is InChI=1S/C24H33N3O2/c1-5-26(6-2)24(29)22-13-8-7-12-21(22)23(19-10-9-11-20(28)14-19)27-16-17(3)25-15-18(27)4/h7-14,17-18,23,25,28H,5-6,15-16H2,1-4H3/t17-,18-,23-/m1/s1. The van der Waals surface area contributed by atoms with Crippen LogP contribution in [0.25, 0.3) is 0 Å². The van der Waals surface area contributed by atoms with Crippen LogP contribution in [0.1, 0.15) is 55.2 Å². The smallest absolute Gasteiger partial charge is 0.254 e. The molecule has 1 saturated heterocycles. The molecule has 156 valence electrons. The number of piperazine rings is 1. The Morgan fingerprint density at radius 1 is 1.17 bits per heavy atom. The van der Waals surface area contributed by atoms with Gasteiger partial charge in [0.05, 0.1) is 6.04 Å². The Bertz CT molecular complexity index is 834. The number of carbonyl (C=O) groups is 1. The van der Waals surface area contributed by atoms with Crippen LogP contribution < -0.4 is 5.32 Å². The normalized spacial score (nSPS) is 21.0. The van der Waals surface area contributed by atoms with Gasteiger partial charge in [-0.15, -0.1) is 0 Å². The highest BCUT2D eigenvalue weighted by molar-refractivity contribution is 5.96. The number of hydrogen-bond donors (Lipinski definition) is 2. The molecule has 3 atom stereocenters. The number of rotatable bonds is 6. The summed E-state index contributed by atoms with van der Waals surface area (Å²) in [6.07, 6.45) is 0. The van der Waals surface area contributed by atoms with Crippen LogP contribution in [-0.4, -0.2) is 59.1 Å². The van der Waals surface area contributed by atoms with Crippen LogP contribution in [0.4, 0.5) is 0 Å². The SMILES string of the molecule is CCN(CC)C(=O)c1ccccc1[C@@H](c1cccc(O)c1)N1C[C@@H](C)NC[C@H]1C. The minimum absolute atomic E-state index is 0.0617. The van der Waals surface area contributed by atoms with Gasteiger partial charge in [0, 0.05) is 43.8 Å². The Morgan fingerprint density at radius 2 is 1.90 bits per heavy atom. The average Bonchev–Trinajstić information content (AvgIpc) is 2.72. The Balaban J connectivity index is 2.14. The van der Waals surface area contributed by atoms with Gasteiger partial charge in [0.2, 0.25) is 0 Å². The maximum Gasteiger partial charge on any atom is 0.254 e. The maximum atomic E-state index is 13.3. The molecule has 0 bridgehead atoms. The minimum Gasteiger partial charge on any atom is -0.508 e. The summed E-state index contributed by atoms with van der Waals surface area (Å²) in [4.78, 5) is 17.6. The zero-order valence-corrected chi connectivity index (χ0v) is 17.9. The van der Waals surface area contributed by atoms with Gasteiger partial charge in [-0.3, -0.25) is 9.69 Å². The van der Waals surface area contributed by atoms with Gasteiger partial charge in [0.15, 0.2) is 0 Å². The van der Waals surface area contributed by atoms with Crippen molar-refractivity contribution < 1.29 is 9.90 Å². The van der Waals surface area contributed by atoms with Crippen LogP contribution >= 0.6 is 0 Å². The number of aromatic hydroxyl groups is 1. The van der Waals surface area contributed by atoms with Gasteiger partial charge in [-0.25, -0.2) is 0 Å². The van der Waals surface area contributed by atoms with Crippen LogP contribution in [-0.2, 0) is 0 Å². The van der Waals surface area contributed by atoms with Crippen LogP contribution in [0.3, 0.4) is 0 Å². The highest BCUT2D eigenvalue weighted by atomic mass is 16.3. The molecule has 0 radical (unpaired) electrons. The maximum absolute atomic E-state index is 13.3. The summed E-state index contributed by atoms with van der Waals surface area (Å²) >= 11 is 0. The third-order valence-corrected chi connectivity index (χ3v) is 5.87. The van der Waals surface area contributed by atoms with E-state index in [1.54, 1.807) is 6.07 Å². The minimum atomic E-state index is -0.0997. The van der Waals surface area contributed by atoms with E-state index >= 15 is 0 Å². The van der Waals surface area contributed by atoms with Gasteiger partial charge in [0.25, 0.3) is 5.91 Å². The molecule has 0 spiro atoms. The molecule has 1 fully saturated rings. The number of amides is 1. The second-order valence-corrected chi connectivity index (χ2v) is 7.92. The number of carbonyl (C=O) groups excluding carboxylic acids is 1. The first-order valence-corrected chi connectivity index (χ1v) is 10.6. The first kappa shape index (κ1) is 21.3. The lowest BCUT2D eigenvalue weighted by Gasteiger charge is -2.43. The first-order valence-electron chi connectivity index (χ1n) is 10.6. The second-order valence-electron chi connectivity index (χ2n) is 7.92. The molecule has 1 heterocycles. The summed E-state index contributed by atoms with van der Waals surface area (Å²) in [5.41, 5.74) is 2.74. The summed E-state index contributed by atoms with van der Waals surface area (Å²) in [5, 5.41) is 13.7. The van der Waals surface area contributed by atoms with Crippen molar-refractivity contribution in [2.75, 3.05) is 26.2 Å². The van der Waals surface area contributed by atoms with Crippen molar-refractivity contribution >= 4 is 5.91 Å². The summed E-state index contributed by atoms with van der Waals surface area (Å²) < 4.78 is 0. The molecule has 3 rings (SSSR count). The molecule has 1 aliphatic heterocycles. The topological polar surface area (TPSA) is 55.8 Å². The lowest BCUT2D eigenvalue weighted by atomic mass is 9.90. The third-order valence-electron chi connectivity index (χ3n) is 5.87. The fourth-order valence-electron chi connectivity index (χ4n) is 4.27. The quantitative estimate of drug-likeness (QED) is 0.784. The van der Waals surface area contributed by atoms with Crippen molar-refractivity contribution in [3.8, 4) is 5.75 Å². The fourth-order valence-corrected chi connectivity index (χ4v) is 4.27. The van der Waals surface area contributed by atoms with Gasteiger partial charge >= 0.3 is 0 Å². The molecule has 5 nitrogen and oxygen atoms in total. The molecule has 5 heteroatoms. The summed E-state index contributed by atoms with van der Waals surface area (Å²) in [6, 6.07) is 15.9. The van der Waals surface area contributed by atoms with Crippen molar-refractivity contribution in [3.63, 3.8) is 0 Å². The summed E-state index contributed by atoms with van der Waals surface area (Å²) in [6.45, 7) is 11.5. The van der Waals surface area contributed by atoms with Gasteiger partial charge in [0.1, 0.15) is 5.75 Å². The third kappa shape index (κ3) is 4.62. The highest BCUT2D eigenvalue weighted by Crippen LogP contribution is 2.35. The molecule has 29 heavy (non-hydrogen) atoms. The summed E-state index contributed by atoms with van der Waals surface area (Å²) in [5.74, 6) is 0.308. The molecule has 2 aromatic carbocycles. The van der Waals surface area contributed by atoms with Crippen LogP contribution in [0.5, 0.6) is 5.75 Å². The number of nitrogens with zero attached hydrogens (tertiary/aromatic N) is 2. The predicted octanol–water partition coefficient (Wildman–Crippen LogP) is 3.65. The first-order chi connectivity index (χ1) is 14.0. The molecular weight excluding hydrogens is 362 g/mol. The predicted molar refractivity (Wildman–Crippen MR) is 117 cm³/mol. The van der Waals surface area contributed by atoms with E-state index in [-0.39, 0.29) is 17.7 Å². The van der Waals surface area contributed by atoms with Crippen LogP contribution in [0, 0.1) is 0 Å². The van der Waals surface area contributed by atoms with Crippen molar-refractivity contribution in [2.24, 2.45) is 0 Å². The number of nitrogens with one attached hydrogen (secondary N) is 1. The highest BCUT2D eigenvalue weighted by Gasteiger charge is 2.33. The molecule has 2 aromatic rings. The Kier molecular flexibility index (Phi) is 6.93. The zero-order valence-electron chi connectivity index (χ0n) is 17.9. The number of hydrogen-bond acceptors (Lipinski definition) is 4. The van der Waals surface area contributed by atoms with E-state index in [0.717, 1.165) is 29.8 Å². The molecule has 0 aliphatic carbocycles. The molecule has 1 aliphatic rings. The molecular formula is C24H33N3O2. The van der Waals surface area contributed by atoms with Crippen molar-refractivity contribution in [1.29, 1.82) is 0 Å². The molecule has 0 unspecified atom stereocenters. The van der Waals surface area contributed by atoms with Crippen molar-refractivity contribution in [3.05, 3.63) is 65.2 Å². The largest absolute Gasteiger partial charge is 0.508 e.